The van der Waals surface area contributed by atoms with Crippen LogP contribution in [0.25, 0.3) is 0 Å². The number of hydrogen-bond donors (Lipinski definition) is 1. The number of rotatable bonds is 16. The zero-order valence-electron chi connectivity index (χ0n) is 14.0. The van der Waals surface area contributed by atoms with Crippen LogP contribution >= 0.6 is 0 Å². The molecule has 0 aromatic heterocycles. The predicted molar refractivity (Wildman–Crippen MR) is 88.8 cm³/mol. The molecule has 0 radical (unpaired) electrons. The first-order chi connectivity index (χ1) is 10.8. The molecule has 7 nitrogen and oxygen atoms in total. The van der Waals surface area contributed by atoms with Gasteiger partial charge in [-0.3, -0.25) is 4.99 Å². The molecule has 22 heavy (non-hydrogen) atoms. The lowest BCUT2D eigenvalue weighted by Gasteiger charge is -2.06. The molecular weight excluding hydrogens is 286 g/mol. The summed E-state index contributed by atoms with van der Waals surface area (Å²) in [6, 6.07) is 0. The van der Waals surface area contributed by atoms with E-state index in [0.29, 0.717) is 52.8 Å². The zero-order valence-corrected chi connectivity index (χ0v) is 14.0. The van der Waals surface area contributed by atoms with Gasteiger partial charge < -0.3 is 24.8 Å². The lowest BCUT2D eigenvalue weighted by atomic mass is 10.2. The van der Waals surface area contributed by atoms with Crippen molar-refractivity contribution < 1.29 is 18.9 Å². The van der Waals surface area contributed by atoms with Gasteiger partial charge in [0.2, 0.25) is 0 Å². The monoisotopic (exact) mass is 317 g/mol. The number of aliphatic imine (C=N–C) groups is 1. The number of hydrogen-bond acceptors (Lipinski definition) is 7. The smallest absolute Gasteiger partial charge is 0.0778 e. The fraction of sp³-hybridized carbons (Fsp3) is 0.867. The maximum Gasteiger partial charge on any atom is 0.0778 e. The minimum Gasteiger partial charge on any atom is -0.379 e. The zero-order chi connectivity index (χ0) is 16.3. The van der Waals surface area contributed by atoms with Crippen LogP contribution in [0.2, 0.25) is 0 Å². The fourth-order valence-electron chi connectivity index (χ4n) is 1.51. The summed E-state index contributed by atoms with van der Waals surface area (Å²) in [4.78, 5) is 4.21. The van der Waals surface area contributed by atoms with Crippen molar-refractivity contribution in [1.82, 2.24) is 0 Å². The van der Waals surface area contributed by atoms with Crippen LogP contribution in [0.15, 0.2) is 10.1 Å². The van der Waals surface area contributed by atoms with E-state index in [4.69, 9.17) is 24.8 Å². The summed E-state index contributed by atoms with van der Waals surface area (Å²) in [6.45, 7) is 9.43. The van der Waals surface area contributed by atoms with Gasteiger partial charge in [-0.1, -0.05) is 13.3 Å². The lowest BCUT2D eigenvalue weighted by molar-refractivity contribution is 0.000420. The molecule has 0 unspecified atom stereocenters. The average molecular weight is 317 g/mol. The van der Waals surface area contributed by atoms with Crippen LogP contribution in [-0.4, -0.2) is 71.3 Å². The molecule has 2 N–H and O–H groups in total. The molecule has 0 heterocycles. The van der Waals surface area contributed by atoms with E-state index < -0.39 is 0 Å². The third-order valence-electron chi connectivity index (χ3n) is 2.60. The summed E-state index contributed by atoms with van der Waals surface area (Å²) in [6.07, 6.45) is 3.57. The second kappa shape index (κ2) is 18.0. The first-order valence-electron chi connectivity index (χ1n) is 7.92. The number of ether oxygens (including phenoxy) is 4. The summed E-state index contributed by atoms with van der Waals surface area (Å²) in [7, 11) is 0. The molecule has 7 heteroatoms. The van der Waals surface area contributed by atoms with Gasteiger partial charge in [-0.2, -0.15) is 5.10 Å². The van der Waals surface area contributed by atoms with Crippen molar-refractivity contribution in [1.29, 1.82) is 0 Å². The number of nitrogens with two attached hydrogens (primary N) is 1. The summed E-state index contributed by atoms with van der Waals surface area (Å²) >= 11 is 0. The van der Waals surface area contributed by atoms with E-state index in [1.807, 2.05) is 6.92 Å². The van der Waals surface area contributed by atoms with Gasteiger partial charge in [0.25, 0.3) is 0 Å². The predicted octanol–water partition coefficient (Wildman–Crippen LogP) is 1.26. The van der Waals surface area contributed by atoms with Crippen LogP contribution < -0.4 is 5.84 Å². The van der Waals surface area contributed by atoms with E-state index in [2.05, 4.69) is 17.0 Å². The maximum atomic E-state index is 5.40. The van der Waals surface area contributed by atoms with Gasteiger partial charge in [0.15, 0.2) is 0 Å². The quantitative estimate of drug-likeness (QED) is 0.200. The van der Waals surface area contributed by atoms with Crippen LogP contribution in [0.5, 0.6) is 0 Å². The molecule has 130 valence electrons. The highest BCUT2D eigenvalue weighted by molar-refractivity contribution is 6.30. The van der Waals surface area contributed by atoms with Crippen molar-refractivity contribution in [2.24, 2.45) is 15.9 Å². The van der Waals surface area contributed by atoms with E-state index in [-0.39, 0.29) is 0 Å². The molecule has 0 fully saturated rings. The maximum absolute atomic E-state index is 5.40. The molecule has 0 aliphatic rings. The molecule has 0 aromatic rings. The third kappa shape index (κ3) is 15.4. The SMILES string of the molecule is CCC/C(C=NCCOCCOCCOCCOCC)=N/N. The Kier molecular flexibility index (Phi) is 17.2. The molecule has 0 rings (SSSR count). The Hall–Kier alpha value is -1.02. The summed E-state index contributed by atoms with van der Waals surface area (Å²) < 4.78 is 21.2. The minimum absolute atomic E-state index is 0.557. The van der Waals surface area contributed by atoms with Crippen LogP contribution in [-0.2, 0) is 18.9 Å². The highest BCUT2D eigenvalue weighted by Crippen LogP contribution is 1.89. The van der Waals surface area contributed by atoms with E-state index >= 15 is 0 Å². The summed E-state index contributed by atoms with van der Waals surface area (Å²) in [5.41, 5.74) is 0.815. The van der Waals surface area contributed by atoms with Gasteiger partial charge in [-0.25, -0.2) is 0 Å². The fourth-order valence-corrected chi connectivity index (χ4v) is 1.51. The molecule has 0 aliphatic carbocycles. The molecule has 0 aromatic carbocycles. The van der Waals surface area contributed by atoms with Crippen molar-refractivity contribution in [3.05, 3.63) is 0 Å². The molecule has 0 aliphatic heterocycles. The molecule has 0 amide bonds. The first kappa shape index (κ1) is 21.0. The van der Waals surface area contributed by atoms with Crippen molar-refractivity contribution in [3.8, 4) is 0 Å². The van der Waals surface area contributed by atoms with Crippen LogP contribution in [0.3, 0.4) is 0 Å². The van der Waals surface area contributed by atoms with Gasteiger partial charge in [0.1, 0.15) is 0 Å². The van der Waals surface area contributed by atoms with Gasteiger partial charge in [0.05, 0.1) is 58.5 Å². The standard InChI is InChI=1S/C15H31N3O4/c1-3-5-15(18-16)14-17-6-7-20-10-11-22-13-12-21-9-8-19-4-2/h14H,3-13,16H2,1-2H3/b17-14?,18-15-. The Morgan fingerprint density at radius 2 is 1.41 bits per heavy atom. The Balaban J connectivity index is 3.22. The second-order valence-electron chi connectivity index (χ2n) is 4.44. The van der Waals surface area contributed by atoms with E-state index in [0.717, 1.165) is 25.2 Å². The molecule has 0 atom stereocenters. The largest absolute Gasteiger partial charge is 0.379 e. The first-order valence-corrected chi connectivity index (χ1v) is 7.92. The highest BCUT2D eigenvalue weighted by Gasteiger charge is 1.93. The average Bonchev–Trinajstić information content (AvgIpc) is 2.54. The molecule has 0 saturated carbocycles. The van der Waals surface area contributed by atoms with Gasteiger partial charge >= 0.3 is 0 Å². The lowest BCUT2D eigenvalue weighted by Crippen LogP contribution is -2.12. The second-order valence-corrected chi connectivity index (χ2v) is 4.44. The molecular formula is C15H31N3O4. The summed E-state index contributed by atoms with van der Waals surface area (Å²) in [5.74, 6) is 5.24. The summed E-state index contributed by atoms with van der Waals surface area (Å²) in [5, 5.41) is 3.66. The number of nitrogens with zero attached hydrogens (tertiary/aromatic N) is 2. The van der Waals surface area contributed by atoms with Gasteiger partial charge in [-0.15, -0.1) is 0 Å². The normalized spacial score (nSPS) is 12.4. The van der Waals surface area contributed by atoms with E-state index in [1.165, 1.54) is 0 Å². The van der Waals surface area contributed by atoms with Crippen molar-refractivity contribution in [2.45, 2.75) is 26.7 Å². The van der Waals surface area contributed by atoms with E-state index in [1.54, 1.807) is 6.21 Å². The van der Waals surface area contributed by atoms with Crippen LogP contribution in [0, 0.1) is 0 Å². The van der Waals surface area contributed by atoms with Crippen LogP contribution in [0.1, 0.15) is 26.7 Å². The molecule has 0 saturated heterocycles. The number of hydrazone groups is 1. The van der Waals surface area contributed by atoms with Gasteiger partial charge in [-0.05, 0) is 13.3 Å². The molecule has 0 bridgehead atoms. The van der Waals surface area contributed by atoms with Gasteiger partial charge in [0, 0.05) is 12.8 Å². The minimum atomic E-state index is 0.557. The Bertz CT molecular complexity index is 286. The van der Waals surface area contributed by atoms with Crippen molar-refractivity contribution in [2.75, 3.05) is 59.4 Å². The van der Waals surface area contributed by atoms with Crippen molar-refractivity contribution >= 4 is 11.9 Å². The Morgan fingerprint density at radius 1 is 0.864 bits per heavy atom. The Labute approximate surface area is 133 Å². The highest BCUT2D eigenvalue weighted by atomic mass is 16.6. The molecule has 0 spiro atoms. The van der Waals surface area contributed by atoms with E-state index in [9.17, 15) is 0 Å². The topological polar surface area (TPSA) is 87.7 Å². The van der Waals surface area contributed by atoms with Crippen LogP contribution in [0.4, 0.5) is 0 Å². The Morgan fingerprint density at radius 3 is 1.91 bits per heavy atom. The third-order valence-corrected chi connectivity index (χ3v) is 2.60. The van der Waals surface area contributed by atoms with Crippen molar-refractivity contribution in [3.63, 3.8) is 0 Å².